The molecular weight excluding hydrogens is 418 g/mol. The van der Waals surface area contributed by atoms with Gasteiger partial charge in [0, 0.05) is 30.5 Å². The summed E-state index contributed by atoms with van der Waals surface area (Å²) in [4.78, 5) is 44.7. The van der Waals surface area contributed by atoms with Gasteiger partial charge in [0.1, 0.15) is 5.82 Å². The van der Waals surface area contributed by atoms with Crippen LogP contribution in [0.4, 0.5) is 11.5 Å². The van der Waals surface area contributed by atoms with Crippen molar-refractivity contribution in [3.05, 3.63) is 53.2 Å². The number of carbonyl (C=O) groups excluding carboxylic acids is 3. The topological polar surface area (TPSA) is 103 Å². The zero-order valence-electron chi connectivity index (χ0n) is 18.4. The Labute approximate surface area is 192 Å². The predicted octanol–water partition coefficient (Wildman–Crippen LogP) is 1.75. The van der Waals surface area contributed by atoms with Crippen molar-refractivity contribution in [1.29, 1.82) is 0 Å². The summed E-state index contributed by atoms with van der Waals surface area (Å²) >= 11 is 0. The third-order valence-electron chi connectivity index (χ3n) is 7.80. The number of piperazine rings is 1. The van der Waals surface area contributed by atoms with Gasteiger partial charge in [-0.25, -0.2) is 4.98 Å². The molecule has 8 heteroatoms. The van der Waals surface area contributed by atoms with Crippen LogP contribution in [0, 0.1) is 0 Å². The van der Waals surface area contributed by atoms with Crippen LogP contribution in [0.5, 0.6) is 0 Å². The van der Waals surface area contributed by atoms with E-state index in [4.69, 9.17) is 0 Å². The number of hydrogen-bond donors (Lipinski definition) is 3. The summed E-state index contributed by atoms with van der Waals surface area (Å²) in [7, 11) is 0. The van der Waals surface area contributed by atoms with E-state index in [1.54, 1.807) is 11.1 Å². The van der Waals surface area contributed by atoms with Crippen LogP contribution >= 0.6 is 0 Å². The van der Waals surface area contributed by atoms with Gasteiger partial charge in [-0.15, -0.1) is 0 Å². The maximum Gasteiger partial charge on any atom is 0.243 e. The van der Waals surface area contributed by atoms with E-state index >= 15 is 0 Å². The summed E-state index contributed by atoms with van der Waals surface area (Å²) in [6.07, 6.45) is 6.69. The van der Waals surface area contributed by atoms with Crippen molar-refractivity contribution in [2.45, 2.75) is 49.5 Å². The van der Waals surface area contributed by atoms with E-state index in [1.165, 1.54) is 0 Å². The largest absolute Gasteiger partial charge is 0.330 e. The van der Waals surface area contributed by atoms with Crippen LogP contribution < -0.4 is 16.0 Å². The zero-order chi connectivity index (χ0) is 22.6. The fourth-order valence-corrected chi connectivity index (χ4v) is 6.15. The SMILES string of the molecule is O=C(CN1CCNC2(CCCC2)C1=O)Nc1ccc2c(c1)C[C@@]1(C2)C(=O)Nc2ncccc21. The maximum atomic E-state index is 13.0. The molecule has 1 saturated carbocycles. The average Bonchev–Trinajstić information content (AvgIpc) is 3.49. The van der Waals surface area contributed by atoms with Gasteiger partial charge < -0.3 is 20.9 Å². The predicted molar refractivity (Wildman–Crippen MR) is 123 cm³/mol. The van der Waals surface area contributed by atoms with E-state index in [0.29, 0.717) is 30.9 Å². The van der Waals surface area contributed by atoms with Crippen LogP contribution in [0.3, 0.4) is 0 Å². The number of nitrogens with one attached hydrogen (secondary N) is 3. The van der Waals surface area contributed by atoms with E-state index in [0.717, 1.165) is 48.9 Å². The number of benzene rings is 1. The van der Waals surface area contributed by atoms with E-state index in [-0.39, 0.29) is 24.3 Å². The molecule has 1 aromatic carbocycles. The second-order valence-electron chi connectivity index (χ2n) is 9.76. The van der Waals surface area contributed by atoms with Gasteiger partial charge in [-0.3, -0.25) is 14.4 Å². The van der Waals surface area contributed by atoms with Crippen LogP contribution in [0.25, 0.3) is 0 Å². The number of nitrogens with zero attached hydrogens (tertiary/aromatic N) is 2. The molecule has 2 fully saturated rings. The monoisotopic (exact) mass is 445 g/mol. The number of anilines is 2. The standard InChI is InChI=1S/C25H27N5O3/c31-20(15-30-11-10-27-25(23(30)33)7-1-2-8-25)28-18-6-5-16-13-24(14-17(16)12-18)19-4-3-9-26-21(19)29-22(24)32/h3-6,9,12,27H,1-2,7-8,10-11,13-15H2,(H,28,31)(H,26,29,32)/t24-/m1/s1. The molecule has 2 aliphatic heterocycles. The van der Waals surface area contributed by atoms with Gasteiger partial charge in [0.25, 0.3) is 0 Å². The number of pyridine rings is 1. The van der Waals surface area contributed by atoms with Crippen molar-refractivity contribution < 1.29 is 14.4 Å². The van der Waals surface area contributed by atoms with Gasteiger partial charge in [0.15, 0.2) is 0 Å². The van der Waals surface area contributed by atoms with E-state index in [2.05, 4.69) is 20.9 Å². The molecule has 2 aliphatic carbocycles. The smallest absolute Gasteiger partial charge is 0.243 e. The highest BCUT2D eigenvalue weighted by Crippen LogP contribution is 2.46. The molecule has 0 radical (unpaired) electrons. The summed E-state index contributed by atoms with van der Waals surface area (Å²) in [5.74, 6) is 0.483. The molecule has 3 heterocycles. The first-order chi connectivity index (χ1) is 16.0. The molecule has 4 aliphatic rings. The average molecular weight is 446 g/mol. The first-order valence-corrected chi connectivity index (χ1v) is 11.7. The Morgan fingerprint density at radius 3 is 2.79 bits per heavy atom. The maximum absolute atomic E-state index is 13.0. The summed E-state index contributed by atoms with van der Waals surface area (Å²) in [5.41, 5.74) is 2.71. The van der Waals surface area contributed by atoms with Gasteiger partial charge >= 0.3 is 0 Å². The highest BCUT2D eigenvalue weighted by Gasteiger charge is 2.51. The highest BCUT2D eigenvalue weighted by atomic mass is 16.2. The molecule has 0 unspecified atom stereocenters. The number of amides is 3. The number of rotatable bonds is 3. The molecule has 8 nitrogen and oxygen atoms in total. The summed E-state index contributed by atoms with van der Waals surface area (Å²) in [6, 6.07) is 9.66. The van der Waals surface area contributed by atoms with Crippen LogP contribution in [-0.2, 0) is 32.6 Å². The van der Waals surface area contributed by atoms with Crippen molar-refractivity contribution in [2.24, 2.45) is 0 Å². The van der Waals surface area contributed by atoms with Crippen molar-refractivity contribution in [1.82, 2.24) is 15.2 Å². The molecule has 2 spiro atoms. The number of hydrogen-bond acceptors (Lipinski definition) is 5. The van der Waals surface area contributed by atoms with Crippen molar-refractivity contribution in [3.63, 3.8) is 0 Å². The minimum atomic E-state index is -0.628. The van der Waals surface area contributed by atoms with Gasteiger partial charge in [0.2, 0.25) is 17.7 Å². The quantitative estimate of drug-likeness (QED) is 0.668. The normalized spacial score (nSPS) is 24.8. The molecule has 1 atom stereocenters. The van der Waals surface area contributed by atoms with E-state index in [1.807, 2.05) is 30.3 Å². The fraction of sp³-hybridized carbons (Fsp3) is 0.440. The molecule has 2 aromatic rings. The molecule has 0 bridgehead atoms. The minimum Gasteiger partial charge on any atom is -0.330 e. The summed E-state index contributed by atoms with van der Waals surface area (Å²) < 4.78 is 0. The molecule has 6 rings (SSSR count). The fourth-order valence-electron chi connectivity index (χ4n) is 6.15. The summed E-state index contributed by atoms with van der Waals surface area (Å²) in [6.45, 7) is 1.33. The first kappa shape index (κ1) is 20.4. The molecule has 170 valence electrons. The van der Waals surface area contributed by atoms with Crippen LogP contribution in [-0.4, -0.2) is 52.8 Å². The van der Waals surface area contributed by atoms with Crippen molar-refractivity contribution in [3.8, 4) is 0 Å². The number of aromatic nitrogens is 1. The molecule has 1 saturated heterocycles. The van der Waals surface area contributed by atoms with Crippen molar-refractivity contribution >= 4 is 29.2 Å². The van der Waals surface area contributed by atoms with Gasteiger partial charge in [-0.05, 0) is 55.0 Å². The van der Waals surface area contributed by atoms with Gasteiger partial charge in [0.05, 0.1) is 17.5 Å². The Kier molecular flexibility index (Phi) is 4.55. The number of fused-ring (bicyclic) bond motifs is 3. The second-order valence-corrected chi connectivity index (χ2v) is 9.76. The Hall–Kier alpha value is -3.26. The van der Waals surface area contributed by atoms with Gasteiger partial charge in [-0.2, -0.15) is 0 Å². The van der Waals surface area contributed by atoms with Crippen LogP contribution in [0.15, 0.2) is 36.5 Å². The number of carbonyl (C=O) groups is 3. The van der Waals surface area contributed by atoms with E-state index < -0.39 is 11.0 Å². The molecule has 3 amide bonds. The Morgan fingerprint density at radius 2 is 1.94 bits per heavy atom. The summed E-state index contributed by atoms with van der Waals surface area (Å²) in [5, 5.41) is 9.28. The zero-order valence-corrected chi connectivity index (χ0v) is 18.4. The molecule has 33 heavy (non-hydrogen) atoms. The first-order valence-electron chi connectivity index (χ1n) is 11.7. The Bertz CT molecular complexity index is 1170. The minimum absolute atomic E-state index is 0.0175. The lowest BCUT2D eigenvalue weighted by Crippen LogP contribution is -2.63. The third kappa shape index (κ3) is 3.15. The lowest BCUT2D eigenvalue weighted by atomic mass is 9.79. The lowest BCUT2D eigenvalue weighted by Gasteiger charge is -2.40. The Morgan fingerprint density at radius 1 is 1.12 bits per heavy atom. The van der Waals surface area contributed by atoms with Crippen LogP contribution in [0.1, 0.15) is 42.4 Å². The van der Waals surface area contributed by atoms with E-state index in [9.17, 15) is 14.4 Å². The molecular formula is C25H27N5O3. The highest BCUT2D eigenvalue weighted by molar-refractivity contribution is 6.06. The van der Waals surface area contributed by atoms with Crippen molar-refractivity contribution in [2.75, 3.05) is 30.3 Å². The Balaban J connectivity index is 1.16. The molecule has 3 N–H and O–H groups in total. The molecule has 1 aromatic heterocycles. The van der Waals surface area contributed by atoms with Gasteiger partial charge in [-0.1, -0.05) is 25.0 Å². The lowest BCUT2D eigenvalue weighted by molar-refractivity contribution is -0.143. The third-order valence-corrected chi connectivity index (χ3v) is 7.80. The second kappa shape index (κ2) is 7.38. The van der Waals surface area contributed by atoms with Crippen LogP contribution in [0.2, 0.25) is 0 Å².